The van der Waals surface area contributed by atoms with Gasteiger partial charge in [-0.05, 0) is 46.0 Å². The standard InChI is InChI=1S/C17H23N3/c1-13(2)12-20-16-7-5-4-6-15(16)17(18-20)14-8-10-19(3)11-9-14/h4-7,14H,1,8-12H2,2-3H3. The van der Waals surface area contributed by atoms with Gasteiger partial charge in [0.05, 0.1) is 17.8 Å². The lowest BCUT2D eigenvalue weighted by Gasteiger charge is -2.28. The average Bonchev–Trinajstić information content (AvgIpc) is 2.78. The van der Waals surface area contributed by atoms with Crippen LogP contribution >= 0.6 is 0 Å². The van der Waals surface area contributed by atoms with E-state index in [-0.39, 0.29) is 0 Å². The lowest BCUT2D eigenvalue weighted by molar-refractivity contribution is 0.253. The third-order valence-corrected chi connectivity index (χ3v) is 4.21. The second kappa shape index (κ2) is 5.41. The van der Waals surface area contributed by atoms with Crippen LogP contribution in [0.3, 0.4) is 0 Å². The average molecular weight is 269 g/mol. The Bertz CT molecular complexity index is 618. The highest BCUT2D eigenvalue weighted by molar-refractivity contribution is 5.82. The molecule has 0 atom stereocenters. The quantitative estimate of drug-likeness (QED) is 0.796. The highest BCUT2D eigenvalue weighted by atomic mass is 15.3. The SMILES string of the molecule is C=C(C)Cn1nc(C2CCN(C)CC2)c2ccccc21. The minimum atomic E-state index is 0.600. The summed E-state index contributed by atoms with van der Waals surface area (Å²) in [6.45, 7) is 9.24. The van der Waals surface area contributed by atoms with Crippen molar-refractivity contribution in [3.63, 3.8) is 0 Å². The smallest absolute Gasteiger partial charge is 0.0735 e. The maximum atomic E-state index is 4.92. The van der Waals surface area contributed by atoms with Gasteiger partial charge >= 0.3 is 0 Å². The highest BCUT2D eigenvalue weighted by Crippen LogP contribution is 2.32. The molecule has 0 spiro atoms. The molecule has 1 aliphatic heterocycles. The number of rotatable bonds is 3. The number of para-hydroxylation sites is 1. The monoisotopic (exact) mass is 269 g/mol. The maximum Gasteiger partial charge on any atom is 0.0735 e. The van der Waals surface area contributed by atoms with E-state index in [1.807, 2.05) is 0 Å². The van der Waals surface area contributed by atoms with Crippen LogP contribution in [0.5, 0.6) is 0 Å². The third kappa shape index (κ3) is 2.50. The summed E-state index contributed by atoms with van der Waals surface area (Å²) in [5.41, 5.74) is 3.67. The van der Waals surface area contributed by atoms with Crippen molar-refractivity contribution in [2.24, 2.45) is 0 Å². The number of fused-ring (bicyclic) bond motifs is 1. The van der Waals surface area contributed by atoms with Crippen molar-refractivity contribution in [2.45, 2.75) is 32.2 Å². The van der Waals surface area contributed by atoms with Crippen LogP contribution in [-0.2, 0) is 6.54 Å². The highest BCUT2D eigenvalue weighted by Gasteiger charge is 2.23. The summed E-state index contributed by atoms with van der Waals surface area (Å²) in [6.07, 6.45) is 2.43. The molecule has 1 saturated heterocycles. The number of nitrogens with zero attached hydrogens (tertiary/aromatic N) is 3. The molecule has 3 rings (SSSR count). The fourth-order valence-corrected chi connectivity index (χ4v) is 3.11. The fraction of sp³-hybridized carbons (Fsp3) is 0.471. The molecular weight excluding hydrogens is 246 g/mol. The van der Waals surface area contributed by atoms with E-state index in [9.17, 15) is 0 Å². The molecule has 0 bridgehead atoms. The van der Waals surface area contributed by atoms with E-state index in [2.05, 4.69) is 54.4 Å². The Morgan fingerprint density at radius 3 is 2.70 bits per heavy atom. The lowest BCUT2D eigenvalue weighted by atomic mass is 9.92. The first-order valence-electron chi connectivity index (χ1n) is 7.43. The van der Waals surface area contributed by atoms with Crippen LogP contribution in [-0.4, -0.2) is 34.8 Å². The largest absolute Gasteiger partial charge is 0.306 e. The minimum Gasteiger partial charge on any atom is -0.306 e. The van der Waals surface area contributed by atoms with E-state index in [4.69, 9.17) is 5.10 Å². The van der Waals surface area contributed by atoms with Gasteiger partial charge in [-0.25, -0.2) is 0 Å². The zero-order chi connectivity index (χ0) is 14.1. The van der Waals surface area contributed by atoms with Gasteiger partial charge in [0, 0.05) is 11.3 Å². The van der Waals surface area contributed by atoms with Crippen LogP contribution < -0.4 is 0 Å². The Balaban J connectivity index is 2.00. The molecule has 1 aromatic carbocycles. The molecule has 20 heavy (non-hydrogen) atoms. The van der Waals surface area contributed by atoms with Gasteiger partial charge in [0.2, 0.25) is 0 Å². The van der Waals surface area contributed by atoms with Crippen LogP contribution in [0.4, 0.5) is 0 Å². The van der Waals surface area contributed by atoms with Crippen molar-refractivity contribution in [3.05, 3.63) is 42.1 Å². The van der Waals surface area contributed by atoms with Gasteiger partial charge in [-0.15, -0.1) is 0 Å². The molecule has 106 valence electrons. The molecule has 0 saturated carbocycles. The Hall–Kier alpha value is -1.61. The number of hydrogen-bond acceptors (Lipinski definition) is 2. The molecular formula is C17H23N3. The lowest BCUT2D eigenvalue weighted by Crippen LogP contribution is -2.29. The summed E-state index contributed by atoms with van der Waals surface area (Å²) in [5, 5.41) is 6.24. The number of allylic oxidation sites excluding steroid dienone is 1. The second-order valence-corrected chi connectivity index (χ2v) is 6.09. The predicted octanol–water partition coefficient (Wildman–Crippen LogP) is 3.42. The summed E-state index contributed by atoms with van der Waals surface area (Å²) >= 11 is 0. The van der Waals surface area contributed by atoms with E-state index >= 15 is 0 Å². The van der Waals surface area contributed by atoms with Gasteiger partial charge in [-0.1, -0.05) is 30.4 Å². The first kappa shape index (κ1) is 13.4. The third-order valence-electron chi connectivity index (χ3n) is 4.21. The molecule has 0 amide bonds. The normalized spacial score (nSPS) is 17.7. The van der Waals surface area contributed by atoms with Gasteiger partial charge < -0.3 is 4.90 Å². The van der Waals surface area contributed by atoms with E-state index in [1.165, 1.54) is 42.5 Å². The molecule has 3 nitrogen and oxygen atoms in total. The Morgan fingerprint density at radius 2 is 2.00 bits per heavy atom. The molecule has 0 aliphatic carbocycles. The topological polar surface area (TPSA) is 21.1 Å². The summed E-state index contributed by atoms with van der Waals surface area (Å²) in [7, 11) is 2.20. The predicted molar refractivity (Wildman–Crippen MR) is 84.0 cm³/mol. The van der Waals surface area contributed by atoms with Crippen LogP contribution in [0.15, 0.2) is 36.4 Å². The zero-order valence-corrected chi connectivity index (χ0v) is 12.5. The fourth-order valence-electron chi connectivity index (χ4n) is 3.11. The molecule has 1 aliphatic rings. The van der Waals surface area contributed by atoms with Crippen molar-refractivity contribution in [1.29, 1.82) is 0 Å². The molecule has 2 heterocycles. The van der Waals surface area contributed by atoms with Gasteiger partial charge in [-0.2, -0.15) is 5.10 Å². The van der Waals surface area contributed by atoms with Gasteiger partial charge in [0.1, 0.15) is 0 Å². The van der Waals surface area contributed by atoms with Crippen molar-refractivity contribution in [3.8, 4) is 0 Å². The number of likely N-dealkylation sites (tertiary alicyclic amines) is 1. The minimum absolute atomic E-state index is 0.600. The number of hydrogen-bond donors (Lipinski definition) is 0. The Kier molecular flexibility index (Phi) is 3.62. The number of piperidine rings is 1. The van der Waals surface area contributed by atoms with Crippen LogP contribution in [0.2, 0.25) is 0 Å². The Labute approximate surface area is 120 Å². The van der Waals surface area contributed by atoms with Gasteiger partial charge in [0.15, 0.2) is 0 Å². The van der Waals surface area contributed by atoms with Gasteiger partial charge in [-0.3, -0.25) is 4.68 Å². The number of aromatic nitrogens is 2. The van der Waals surface area contributed by atoms with Crippen molar-refractivity contribution in [2.75, 3.05) is 20.1 Å². The Morgan fingerprint density at radius 1 is 1.30 bits per heavy atom. The van der Waals surface area contributed by atoms with E-state index in [0.717, 1.165) is 12.1 Å². The van der Waals surface area contributed by atoms with Crippen molar-refractivity contribution < 1.29 is 0 Å². The molecule has 2 aromatic rings. The maximum absolute atomic E-state index is 4.92. The van der Waals surface area contributed by atoms with Crippen molar-refractivity contribution >= 4 is 10.9 Å². The number of benzene rings is 1. The summed E-state index contributed by atoms with van der Waals surface area (Å²) in [5.74, 6) is 0.600. The van der Waals surface area contributed by atoms with Crippen molar-refractivity contribution in [1.82, 2.24) is 14.7 Å². The van der Waals surface area contributed by atoms with E-state index in [0.29, 0.717) is 5.92 Å². The molecule has 1 aromatic heterocycles. The molecule has 0 unspecified atom stereocenters. The molecule has 3 heteroatoms. The van der Waals surface area contributed by atoms with Crippen LogP contribution in [0.1, 0.15) is 31.4 Å². The van der Waals surface area contributed by atoms with E-state index < -0.39 is 0 Å². The van der Waals surface area contributed by atoms with Crippen LogP contribution in [0.25, 0.3) is 10.9 Å². The van der Waals surface area contributed by atoms with Crippen LogP contribution in [0, 0.1) is 0 Å². The molecule has 0 N–H and O–H groups in total. The summed E-state index contributed by atoms with van der Waals surface area (Å²) < 4.78 is 2.12. The second-order valence-electron chi connectivity index (χ2n) is 6.09. The summed E-state index contributed by atoms with van der Waals surface area (Å²) in [6, 6.07) is 8.60. The zero-order valence-electron chi connectivity index (χ0n) is 12.5. The van der Waals surface area contributed by atoms with Gasteiger partial charge in [0.25, 0.3) is 0 Å². The first-order valence-corrected chi connectivity index (χ1v) is 7.43. The van der Waals surface area contributed by atoms with E-state index in [1.54, 1.807) is 0 Å². The molecule has 0 radical (unpaired) electrons. The summed E-state index contributed by atoms with van der Waals surface area (Å²) in [4.78, 5) is 2.41. The first-order chi connectivity index (χ1) is 9.65. The molecule has 1 fully saturated rings.